The van der Waals surface area contributed by atoms with Gasteiger partial charge in [0.15, 0.2) is 0 Å². The third-order valence-corrected chi connectivity index (χ3v) is 4.79. The Kier molecular flexibility index (Phi) is 6.04. The van der Waals surface area contributed by atoms with Gasteiger partial charge in [-0.15, -0.1) is 0 Å². The second-order valence-electron chi connectivity index (χ2n) is 7.99. The Labute approximate surface area is 164 Å². The molecule has 0 unspecified atom stereocenters. The van der Waals surface area contributed by atoms with E-state index in [2.05, 4.69) is 11.8 Å². The maximum Gasteiger partial charge on any atom is 0.317 e. The summed E-state index contributed by atoms with van der Waals surface area (Å²) in [6.07, 6.45) is 0. The molecule has 28 heavy (non-hydrogen) atoms. The molecule has 2 aliphatic heterocycles. The number of ether oxygens (including phenoxy) is 1. The van der Waals surface area contributed by atoms with E-state index >= 15 is 0 Å². The fourth-order valence-electron chi connectivity index (χ4n) is 3.63. The van der Waals surface area contributed by atoms with Crippen molar-refractivity contribution < 1.29 is 24.5 Å². The van der Waals surface area contributed by atoms with Crippen molar-refractivity contribution >= 4 is 11.9 Å². The molecule has 2 heterocycles. The standard InChI is InChI=1S/C21H26N2O5/c1-21(2,27)7-6-15-4-3-5-17(8-15)20(26)23-10-16-9-22(12-19(24)25)11-18(23)14-28-13-16/h3-5,8,16,18,27H,9-14H2,1-2H3,(H,24,25)/t16-,18-/m0/s1. The molecule has 2 saturated heterocycles. The van der Waals surface area contributed by atoms with Gasteiger partial charge < -0.3 is 19.8 Å². The zero-order valence-electron chi connectivity index (χ0n) is 16.2. The van der Waals surface area contributed by atoms with E-state index in [-0.39, 0.29) is 24.4 Å². The van der Waals surface area contributed by atoms with Gasteiger partial charge in [0.2, 0.25) is 0 Å². The molecule has 7 heteroatoms. The van der Waals surface area contributed by atoms with Gasteiger partial charge in [0, 0.05) is 36.7 Å². The first kappa shape index (κ1) is 20.3. The van der Waals surface area contributed by atoms with Crippen LogP contribution >= 0.6 is 0 Å². The Morgan fingerprint density at radius 3 is 2.75 bits per heavy atom. The molecule has 0 aliphatic carbocycles. The van der Waals surface area contributed by atoms with Crippen molar-refractivity contribution in [2.45, 2.75) is 25.5 Å². The fraction of sp³-hybridized carbons (Fsp3) is 0.524. The Morgan fingerprint density at radius 2 is 2.04 bits per heavy atom. The number of carbonyl (C=O) groups is 2. The lowest BCUT2D eigenvalue weighted by Gasteiger charge is -2.30. The van der Waals surface area contributed by atoms with Gasteiger partial charge in [0.1, 0.15) is 5.60 Å². The van der Waals surface area contributed by atoms with Crippen LogP contribution in [0.5, 0.6) is 0 Å². The van der Waals surface area contributed by atoms with Crippen LogP contribution in [0.1, 0.15) is 29.8 Å². The highest BCUT2D eigenvalue weighted by atomic mass is 16.5. The number of carbonyl (C=O) groups excluding carboxylic acids is 1. The molecule has 0 saturated carbocycles. The number of rotatable bonds is 3. The molecule has 2 atom stereocenters. The lowest BCUT2D eigenvalue weighted by molar-refractivity contribution is -0.138. The Hall–Kier alpha value is -2.40. The van der Waals surface area contributed by atoms with Crippen LogP contribution in [0.2, 0.25) is 0 Å². The monoisotopic (exact) mass is 386 g/mol. The lowest BCUT2D eigenvalue weighted by Crippen LogP contribution is -2.47. The quantitative estimate of drug-likeness (QED) is 0.742. The summed E-state index contributed by atoms with van der Waals surface area (Å²) in [5.74, 6) is 4.76. The second kappa shape index (κ2) is 8.31. The van der Waals surface area contributed by atoms with Gasteiger partial charge in [0.25, 0.3) is 5.91 Å². The molecule has 2 N–H and O–H groups in total. The third-order valence-electron chi connectivity index (χ3n) is 4.79. The first-order valence-electron chi connectivity index (χ1n) is 9.40. The summed E-state index contributed by atoms with van der Waals surface area (Å²) in [5.41, 5.74) is 0.0849. The number of aliphatic hydroxyl groups is 1. The number of nitrogens with zero attached hydrogens (tertiary/aromatic N) is 2. The van der Waals surface area contributed by atoms with Crippen molar-refractivity contribution in [3.63, 3.8) is 0 Å². The zero-order valence-corrected chi connectivity index (χ0v) is 16.2. The van der Waals surface area contributed by atoms with Gasteiger partial charge in [-0.25, -0.2) is 0 Å². The first-order chi connectivity index (χ1) is 13.2. The second-order valence-corrected chi connectivity index (χ2v) is 7.99. The van der Waals surface area contributed by atoms with Crippen LogP contribution in [-0.2, 0) is 9.53 Å². The van der Waals surface area contributed by atoms with E-state index in [1.54, 1.807) is 38.1 Å². The minimum absolute atomic E-state index is 0.0307. The van der Waals surface area contributed by atoms with Crippen LogP contribution in [0.3, 0.4) is 0 Å². The molecule has 2 aliphatic rings. The molecule has 2 fully saturated rings. The summed E-state index contributed by atoms with van der Waals surface area (Å²) < 4.78 is 5.71. The number of aliphatic carboxylic acids is 1. The van der Waals surface area contributed by atoms with E-state index in [4.69, 9.17) is 9.84 Å². The highest BCUT2D eigenvalue weighted by molar-refractivity contribution is 5.95. The number of carboxylic acids is 1. The summed E-state index contributed by atoms with van der Waals surface area (Å²) in [6, 6.07) is 6.87. The highest BCUT2D eigenvalue weighted by Gasteiger charge is 2.36. The van der Waals surface area contributed by atoms with Crippen LogP contribution in [-0.4, -0.2) is 82.9 Å². The molecular formula is C21H26N2O5. The van der Waals surface area contributed by atoms with Crippen molar-refractivity contribution in [1.82, 2.24) is 9.80 Å². The van der Waals surface area contributed by atoms with Crippen LogP contribution in [0.4, 0.5) is 0 Å². The summed E-state index contributed by atoms with van der Waals surface area (Å²) in [7, 11) is 0. The molecule has 150 valence electrons. The Balaban J connectivity index is 1.81. The van der Waals surface area contributed by atoms with E-state index in [1.807, 2.05) is 9.80 Å². The molecule has 0 aromatic heterocycles. The van der Waals surface area contributed by atoms with Gasteiger partial charge in [-0.1, -0.05) is 17.9 Å². The average Bonchev–Trinajstić information content (AvgIpc) is 2.89. The predicted octanol–water partition coefficient (Wildman–Crippen LogP) is 0.666. The van der Waals surface area contributed by atoms with Gasteiger partial charge in [-0.2, -0.15) is 0 Å². The van der Waals surface area contributed by atoms with E-state index in [9.17, 15) is 14.7 Å². The summed E-state index contributed by atoms with van der Waals surface area (Å²) in [5, 5.41) is 18.9. The molecule has 1 aromatic carbocycles. The predicted molar refractivity (Wildman–Crippen MR) is 103 cm³/mol. The van der Waals surface area contributed by atoms with Crippen LogP contribution in [0, 0.1) is 17.8 Å². The maximum absolute atomic E-state index is 13.2. The Morgan fingerprint density at radius 1 is 1.25 bits per heavy atom. The van der Waals surface area contributed by atoms with Gasteiger partial charge in [0.05, 0.1) is 25.8 Å². The molecule has 1 amide bonds. The number of hydrogen-bond donors (Lipinski definition) is 2. The van der Waals surface area contributed by atoms with Crippen LogP contribution in [0.15, 0.2) is 24.3 Å². The smallest absolute Gasteiger partial charge is 0.317 e. The fourth-order valence-corrected chi connectivity index (χ4v) is 3.63. The van der Waals surface area contributed by atoms with Gasteiger partial charge in [-0.3, -0.25) is 14.5 Å². The highest BCUT2D eigenvalue weighted by Crippen LogP contribution is 2.22. The number of benzene rings is 1. The van der Waals surface area contributed by atoms with E-state index in [0.717, 1.165) is 0 Å². The minimum Gasteiger partial charge on any atom is -0.480 e. The van der Waals surface area contributed by atoms with Crippen LogP contribution in [0.25, 0.3) is 0 Å². The largest absolute Gasteiger partial charge is 0.480 e. The molecule has 0 radical (unpaired) electrons. The molecule has 3 rings (SSSR count). The van der Waals surface area contributed by atoms with E-state index in [0.29, 0.717) is 44.0 Å². The maximum atomic E-state index is 13.2. The number of fused-ring (bicyclic) bond motifs is 3. The number of carboxylic acid groups (broad SMARTS) is 1. The number of amides is 1. The third kappa shape index (κ3) is 5.32. The molecular weight excluding hydrogens is 360 g/mol. The van der Waals surface area contributed by atoms with Crippen molar-refractivity contribution in [2.24, 2.45) is 5.92 Å². The van der Waals surface area contributed by atoms with Crippen molar-refractivity contribution in [1.29, 1.82) is 0 Å². The van der Waals surface area contributed by atoms with Gasteiger partial charge >= 0.3 is 5.97 Å². The average molecular weight is 386 g/mol. The molecule has 0 spiro atoms. The number of hydrogen-bond acceptors (Lipinski definition) is 5. The van der Waals surface area contributed by atoms with E-state index in [1.165, 1.54) is 0 Å². The topological polar surface area (TPSA) is 90.3 Å². The van der Waals surface area contributed by atoms with E-state index < -0.39 is 11.6 Å². The van der Waals surface area contributed by atoms with Crippen molar-refractivity contribution in [3.05, 3.63) is 35.4 Å². The normalized spacial score (nSPS) is 22.8. The SMILES string of the molecule is CC(C)(O)C#Cc1cccc(C(=O)N2C[C@H]3COC[C@@H]2CN(CC(=O)O)C3)c1. The lowest BCUT2D eigenvalue weighted by atomic mass is 10.1. The summed E-state index contributed by atoms with van der Waals surface area (Å²) in [6.45, 7) is 5.72. The summed E-state index contributed by atoms with van der Waals surface area (Å²) >= 11 is 0. The summed E-state index contributed by atoms with van der Waals surface area (Å²) in [4.78, 5) is 28.0. The molecule has 7 nitrogen and oxygen atoms in total. The molecule has 1 aromatic rings. The van der Waals surface area contributed by atoms with Crippen LogP contribution < -0.4 is 0 Å². The minimum atomic E-state index is -1.10. The van der Waals surface area contributed by atoms with Crippen molar-refractivity contribution in [3.8, 4) is 11.8 Å². The van der Waals surface area contributed by atoms with Gasteiger partial charge in [-0.05, 0) is 32.0 Å². The zero-order chi connectivity index (χ0) is 20.3. The Bertz CT molecular complexity index is 805. The van der Waals surface area contributed by atoms with Crippen molar-refractivity contribution in [2.75, 3.05) is 39.4 Å². The first-order valence-corrected chi connectivity index (χ1v) is 9.40. The molecule has 2 bridgehead atoms.